The van der Waals surface area contributed by atoms with Gasteiger partial charge in [-0.05, 0) is 42.3 Å². The number of benzene rings is 1. The van der Waals surface area contributed by atoms with Crippen molar-refractivity contribution in [1.82, 2.24) is 9.88 Å². The van der Waals surface area contributed by atoms with Crippen LogP contribution in [0.3, 0.4) is 0 Å². The maximum atomic E-state index is 12.2. The van der Waals surface area contributed by atoms with Crippen LogP contribution in [0.1, 0.15) is 18.1 Å². The average molecular weight is 332 g/mol. The summed E-state index contributed by atoms with van der Waals surface area (Å²) < 4.78 is 0. The summed E-state index contributed by atoms with van der Waals surface area (Å²) in [5.41, 5.74) is 2.36. The zero-order valence-electron chi connectivity index (χ0n) is 13.0. The largest absolute Gasteiger partial charge is 0.329 e. The molecule has 0 aliphatic heterocycles. The molecule has 2 rings (SSSR count). The molecule has 0 fully saturated rings. The number of halogens is 1. The summed E-state index contributed by atoms with van der Waals surface area (Å²) in [6.45, 7) is 3.61. The molecule has 1 aromatic heterocycles. The predicted octanol–water partition coefficient (Wildman–Crippen LogP) is 3.03. The molecule has 0 saturated heterocycles. The second kappa shape index (κ2) is 7.74. The summed E-state index contributed by atoms with van der Waals surface area (Å²) in [5.74, 6) is -0.431. The summed E-state index contributed by atoms with van der Waals surface area (Å²) in [6.07, 6.45) is 3.31. The molecule has 0 bridgehead atoms. The molecule has 0 atom stereocenters. The van der Waals surface area contributed by atoms with E-state index >= 15 is 0 Å². The highest BCUT2D eigenvalue weighted by Gasteiger charge is 2.15. The Kier molecular flexibility index (Phi) is 5.71. The molecular formula is C17H18ClN3O2. The minimum absolute atomic E-state index is 0.0242. The van der Waals surface area contributed by atoms with E-state index in [1.54, 1.807) is 30.6 Å². The van der Waals surface area contributed by atoms with Crippen molar-refractivity contribution in [3.8, 4) is 0 Å². The number of nitrogens with one attached hydrogen (secondary N) is 1. The quantitative estimate of drug-likeness (QED) is 0.916. The van der Waals surface area contributed by atoms with Gasteiger partial charge >= 0.3 is 0 Å². The number of pyridine rings is 1. The molecule has 0 unspecified atom stereocenters. The minimum atomic E-state index is -0.264. The fourth-order valence-electron chi connectivity index (χ4n) is 2.09. The van der Waals surface area contributed by atoms with Gasteiger partial charge < -0.3 is 10.2 Å². The Morgan fingerprint density at radius 3 is 2.57 bits per heavy atom. The van der Waals surface area contributed by atoms with Crippen LogP contribution in [0.25, 0.3) is 0 Å². The highest BCUT2D eigenvalue weighted by atomic mass is 35.5. The number of nitrogens with zero attached hydrogens (tertiary/aromatic N) is 2. The van der Waals surface area contributed by atoms with E-state index in [4.69, 9.17) is 11.6 Å². The maximum Gasteiger partial charge on any atom is 0.244 e. The molecule has 1 N–H and O–H groups in total. The molecule has 0 spiro atoms. The first-order chi connectivity index (χ1) is 11.0. The van der Waals surface area contributed by atoms with Crippen molar-refractivity contribution >= 4 is 29.1 Å². The van der Waals surface area contributed by atoms with Gasteiger partial charge in [-0.1, -0.05) is 17.7 Å². The fourth-order valence-corrected chi connectivity index (χ4v) is 2.27. The first-order valence-electron chi connectivity index (χ1n) is 7.16. The number of anilines is 1. The molecule has 1 heterocycles. The van der Waals surface area contributed by atoms with Crippen LogP contribution in [0.15, 0.2) is 42.7 Å². The van der Waals surface area contributed by atoms with Crippen LogP contribution in [0.5, 0.6) is 0 Å². The van der Waals surface area contributed by atoms with Gasteiger partial charge in [-0.3, -0.25) is 14.6 Å². The first-order valence-corrected chi connectivity index (χ1v) is 7.54. The Labute approximate surface area is 140 Å². The lowest BCUT2D eigenvalue weighted by atomic mass is 10.2. The van der Waals surface area contributed by atoms with Crippen LogP contribution < -0.4 is 5.32 Å². The van der Waals surface area contributed by atoms with Crippen LogP contribution in [0.4, 0.5) is 5.69 Å². The predicted molar refractivity (Wildman–Crippen MR) is 90.1 cm³/mol. The number of carbonyl (C=O) groups excluding carboxylic acids is 2. The standard InChI is InChI=1S/C17H18ClN3O2/c1-12-15(18)4-3-5-16(12)20-17(23)11-21(13(2)22)10-14-6-8-19-9-7-14/h3-9H,10-11H2,1-2H3,(H,20,23). The molecule has 0 aliphatic rings. The number of rotatable bonds is 5. The molecule has 5 nitrogen and oxygen atoms in total. The van der Waals surface area contributed by atoms with E-state index in [1.165, 1.54) is 11.8 Å². The monoisotopic (exact) mass is 331 g/mol. The highest BCUT2D eigenvalue weighted by Crippen LogP contribution is 2.22. The highest BCUT2D eigenvalue weighted by molar-refractivity contribution is 6.31. The lowest BCUT2D eigenvalue weighted by Gasteiger charge is -2.21. The Morgan fingerprint density at radius 1 is 1.22 bits per heavy atom. The Hall–Kier alpha value is -2.40. The van der Waals surface area contributed by atoms with E-state index in [1.807, 2.05) is 19.1 Å². The number of hydrogen-bond acceptors (Lipinski definition) is 3. The third kappa shape index (κ3) is 4.79. The van der Waals surface area contributed by atoms with Crippen molar-refractivity contribution < 1.29 is 9.59 Å². The van der Waals surface area contributed by atoms with Gasteiger partial charge in [0.15, 0.2) is 0 Å². The minimum Gasteiger partial charge on any atom is -0.329 e. The summed E-state index contributed by atoms with van der Waals surface area (Å²) in [5, 5.41) is 3.38. The van der Waals surface area contributed by atoms with E-state index in [0.29, 0.717) is 17.3 Å². The SMILES string of the molecule is CC(=O)N(CC(=O)Nc1cccc(Cl)c1C)Cc1ccncc1. The van der Waals surface area contributed by atoms with E-state index in [-0.39, 0.29) is 18.4 Å². The number of aromatic nitrogens is 1. The second-order valence-corrected chi connectivity index (χ2v) is 5.60. The maximum absolute atomic E-state index is 12.2. The zero-order chi connectivity index (χ0) is 16.8. The lowest BCUT2D eigenvalue weighted by molar-refractivity contribution is -0.133. The van der Waals surface area contributed by atoms with Crippen molar-refractivity contribution in [3.63, 3.8) is 0 Å². The smallest absolute Gasteiger partial charge is 0.244 e. The van der Waals surface area contributed by atoms with Crippen molar-refractivity contribution in [3.05, 3.63) is 58.9 Å². The number of carbonyl (C=O) groups is 2. The van der Waals surface area contributed by atoms with E-state index in [9.17, 15) is 9.59 Å². The van der Waals surface area contributed by atoms with Crippen molar-refractivity contribution in [2.75, 3.05) is 11.9 Å². The van der Waals surface area contributed by atoms with Gasteiger partial charge in [0.2, 0.25) is 11.8 Å². The molecule has 6 heteroatoms. The molecule has 120 valence electrons. The summed E-state index contributed by atoms with van der Waals surface area (Å²) >= 11 is 6.04. The van der Waals surface area contributed by atoms with Gasteiger partial charge in [-0.2, -0.15) is 0 Å². The van der Waals surface area contributed by atoms with Gasteiger partial charge in [0.1, 0.15) is 6.54 Å². The molecule has 0 saturated carbocycles. The molecule has 23 heavy (non-hydrogen) atoms. The topological polar surface area (TPSA) is 62.3 Å². The van der Waals surface area contributed by atoms with E-state index in [2.05, 4.69) is 10.3 Å². The van der Waals surface area contributed by atoms with Crippen LogP contribution in [-0.2, 0) is 16.1 Å². The first kappa shape index (κ1) is 17.0. The van der Waals surface area contributed by atoms with Crippen molar-refractivity contribution in [1.29, 1.82) is 0 Å². The second-order valence-electron chi connectivity index (χ2n) is 5.19. The molecule has 2 aromatic rings. The molecule has 0 radical (unpaired) electrons. The van der Waals surface area contributed by atoms with Crippen LogP contribution in [0, 0.1) is 6.92 Å². The normalized spacial score (nSPS) is 10.2. The Bertz CT molecular complexity index is 704. The average Bonchev–Trinajstić information content (AvgIpc) is 2.52. The van der Waals surface area contributed by atoms with Gasteiger partial charge in [0.05, 0.1) is 0 Å². The molecule has 2 amide bonds. The van der Waals surface area contributed by atoms with Crippen molar-refractivity contribution in [2.45, 2.75) is 20.4 Å². The van der Waals surface area contributed by atoms with Crippen molar-refractivity contribution in [2.24, 2.45) is 0 Å². The van der Waals surface area contributed by atoms with Gasteiger partial charge in [0.25, 0.3) is 0 Å². The zero-order valence-corrected chi connectivity index (χ0v) is 13.8. The fraction of sp³-hybridized carbons (Fsp3) is 0.235. The van der Waals surface area contributed by atoms with Gasteiger partial charge in [-0.25, -0.2) is 0 Å². The van der Waals surface area contributed by atoms with Gasteiger partial charge in [-0.15, -0.1) is 0 Å². The third-order valence-corrected chi connectivity index (χ3v) is 3.85. The van der Waals surface area contributed by atoms with E-state index in [0.717, 1.165) is 11.1 Å². The molecule has 0 aliphatic carbocycles. The third-order valence-electron chi connectivity index (χ3n) is 3.44. The lowest BCUT2D eigenvalue weighted by Crippen LogP contribution is -2.36. The summed E-state index contributed by atoms with van der Waals surface area (Å²) in [4.78, 5) is 29.4. The van der Waals surface area contributed by atoms with Crippen LogP contribution in [0.2, 0.25) is 5.02 Å². The van der Waals surface area contributed by atoms with Gasteiger partial charge in [0, 0.05) is 36.6 Å². The Balaban J connectivity index is 2.03. The summed E-state index contributed by atoms with van der Waals surface area (Å²) in [6, 6.07) is 8.94. The van der Waals surface area contributed by atoms with E-state index < -0.39 is 0 Å². The van der Waals surface area contributed by atoms with Crippen LogP contribution in [-0.4, -0.2) is 28.2 Å². The summed E-state index contributed by atoms with van der Waals surface area (Å²) in [7, 11) is 0. The molecule has 1 aromatic carbocycles. The molecular weight excluding hydrogens is 314 g/mol. The Morgan fingerprint density at radius 2 is 1.91 bits per heavy atom. The number of amides is 2. The number of hydrogen-bond donors (Lipinski definition) is 1. The van der Waals surface area contributed by atoms with Crippen LogP contribution >= 0.6 is 11.6 Å².